The maximum atomic E-state index is 14.1. The quantitative estimate of drug-likeness (QED) is 0.545. The number of guanidine groups is 1. The maximum absolute atomic E-state index is 14.1. The fraction of sp³-hybridized carbons (Fsp3) is 0.500. The molecular formula is C24H26ClF2N5O2. The van der Waals surface area contributed by atoms with Gasteiger partial charge >= 0.3 is 0 Å². The summed E-state index contributed by atoms with van der Waals surface area (Å²) in [5.74, 6) is 3.68. The molecule has 0 aromatic heterocycles. The first-order valence-electron chi connectivity index (χ1n) is 11.3. The number of rotatable bonds is 0. The molecule has 0 radical (unpaired) electrons. The number of carbonyl (C=O) groups excluding carboxylic acids is 1. The van der Waals surface area contributed by atoms with Crippen molar-refractivity contribution < 1.29 is 18.3 Å². The van der Waals surface area contributed by atoms with Gasteiger partial charge in [-0.2, -0.15) is 0 Å². The van der Waals surface area contributed by atoms with Crippen molar-refractivity contribution in [2.24, 2.45) is 22.1 Å². The van der Waals surface area contributed by atoms with Gasteiger partial charge in [-0.15, -0.1) is 0 Å². The second-order valence-corrected chi connectivity index (χ2v) is 9.81. The van der Waals surface area contributed by atoms with E-state index in [0.717, 1.165) is 38.1 Å². The van der Waals surface area contributed by atoms with Gasteiger partial charge in [0.15, 0.2) is 0 Å². The molecular weight excluding hydrogens is 464 g/mol. The molecule has 4 aliphatic heterocycles. The van der Waals surface area contributed by atoms with Gasteiger partial charge in [-0.05, 0) is 25.8 Å². The molecule has 2 unspecified atom stereocenters. The van der Waals surface area contributed by atoms with Gasteiger partial charge in [0.05, 0.1) is 23.3 Å². The number of piperidine rings is 1. The Morgan fingerprint density at radius 2 is 2.03 bits per heavy atom. The van der Waals surface area contributed by atoms with Crippen molar-refractivity contribution in [3.63, 3.8) is 0 Å². The molecule has 0 bridgehead atoms. The van der Waals surface area contributed by atoms with Gasteiger partial charge in [-0.3, -0.25) is 9.69 Å². The van der Waals surface area contributed by atoms with Crippen LogP contribution in [0, 0.1) is 34.8 Å². The predicted octanol–water partition coefficient (Wildman–Crippen LogP) is 2.06. The Morgan fingerprint density at radius 1 is 1.29 bits per heavy atom. The number of fused-ring (bicyclic) bond motifs is 1. The van der Waals surface area contributed by atoms with Crippen LogP contribution in [0.3, 0.4) is 0 Å². The lowest BCUT2D eigenvalue weighted by atomic mass is 9.73. The molecule has 7 nitrogen and oxygen atoms in total. The number of halogens is 3. The Bertz CT molecular complexity index is 1130. The summed E-state index contributed by atoms with van der Waals surface area (Å²) in [7, 11) is 1.70. The monoisotopic (exact) mass is 489 g/mol. The van der Waals surface area contributed by atoms with Crippen molar-refractivity contribution in [3.8, 4) is 11.8 Å². The average Bonchev–Trinajstić information content (AvgIpc) is 3.33. The molecule has 4 atom stereocenters. The maximum Gasteiger partial charge on any atom is 0.241 e. The zero-order valence-corrected chi connectivity index (χ0v) is 19.7. The number of hydrogen-bond donors (Lipinski definition) is 2. The molecule has 2 fully saturated rings. The molecule has 34 heavy (non-hydrogen) atoms. The first-order chi connectivity index (χ1) is 16.2. The van der Waals surface area contributed by atoms with Gasteiger partial charge in [0.25, 0.3) is 0 Å². The molecule has 180 valence electrons. The molecule has 0 aliphatic carbocycles. The number of nitrogens with one attached hydrogen (secondary N) is 1. The molecule has 3 N–H and O–H groups in total. The van der Waals surface area contributed by atoms with E-state index in [1.54, 1.807) is 18.1 Å². The second-order valence-electron chi connectivity index (χ2n) is 9.40. The number of likely N-dealkylation sites (tertiary alicyclic amines) is 1. The lowest BCUT2D eigenvalue weighted by Gasteiger charge is -2.44. The predicted molar refractivity (Wildman–Crippen MR) is 124 cm³/mol. The summed E-state index contributed by atoms with van der Waals surface area (Å²) in [4.78, 5) is 21.8. The van der Waals surface area contributed by atoms with Crippen LogP contribution < -0.4 is 11.1 Å². The van der Waals surface area contributed by atoms with Crippen molar-refractivity contribution in [2.45, 2.75) is 38.1 Å². The highest BCUT2D eigenvalue weighted by atomic mass is 35.5. The number of amides is 1. The van der Waals surface area contributed by atoms with E-state index in [-0.39, 0.29) is 34.1 Å². The number of nitrogens with two attached hydrogens (primary N) is 1. The molecule has 10 heteroatoms. The van der Waals surface area contributed by atoms with E-state index in [4.69, 9.17) is 27.1 Å². The summed E-state index contributed by atoms with van der Waals surface area (Å²) in [6.45, 7) is 4.16. The van der Waals surface area contributed by atoms with E-state index in [2.05, 4.69) is 22.1 Å². The van der Waals surface area contributed by atoms with Crippen molar-refractivity contribution in [1.82, 2.24) is 15.1 Å². The number of hydrogen-bond acceptors (Lipinski definition) is 6. The topological polar surface area (TPSA) is 83.2 Å². The minimum absolute atomic E-state index is 0.00738. The molecule has 4 aliphatic rings. The van der Waals surface area contributed by atoms with Gasteiger partial charge in [0.2, 0.25) is 11.9 Å². The normalized spacial score (nSPS) is 29.9. The fourth-order valence-corrected chi connectivity index (χ4v) is 5.50. The van der Waals surface area contributed by atoms with Crippen LogP contribution in [0.25, 0.3) is 0 Å². The number of nitrogens with zero attached hydrogens (tertiary/aromatic N) is 3. The highest BCUT2D eigenvalue weighted by Gasteiger charge is 2.49. The largest absolute Gasteiger partial charge is 0.376 e. The second kappa shape index (κ2) is 8.52. The van der Waals surface area contributed by atoms with Gasteiger partial charge in [0.1, 0.15) is 23.7 Å². The summed E-state index contributed by atoms with van der Waals surface area (Å²) >= 11 is 5.94. The number of aliphatic imine (C=N–C) groups is 1. The lowest BCUT2D eigenvalue weighted by Crippen LogP contribution is -2.58. The number of ether oxygens (including phenoxy) is 1. The lowest BCUT2D eigenvalue weighted by molar-refractivity contribution is -0.131. The molecule has 4 heterocycles. The van der Waals surface area contributed by atoms with Crippen molar-refractivity contribution in [2.75, 3.05) is 26.7 Å². The first-order valence-corrected chi connectivity index (χ1v) is 11.7. The third-order valence-electron chi connectivity index (χ3n) is 7.44. The van der Waals surface area contributed by atoms with Gasteiger partial charge in [-0.1, -0.05) is 23.4 Å². The third kappa shape index (κ3) is 3.74. The van der Waals surface area contributed by atoms with Crippen LogP contribution in [0.1, 0.15) is 25.3 Å². The van der Waals surface area contributed by atoms with Crippen LogP contribution in [0.15, 0.2) is 28.9 Å². The van der Waals surface area contributed by atoms with E-state index in [9.17, 15) is 13.6 Å². The summed E-state index contributed by atoms with van der Waals surface area (Å²) < 4.78 is 33.2. The van der Waals surface area contributed by atoms with Crippen molar-refractivity contribution >= 4 is 23.5 Å². The average molecular weight is 490 g/mol. The molecule has 1 amide bonds. The molecule has 0 saturated carbocycles. The fourth-order valence-electron chi connectivity index (χ4n) is 5.26. The van der Waals surface area contributed by atoms with Gasteiger partial charge in [0, 0.05) is 49.4 Å². The zero-order valence-electron chi connectivity index (χ0n) is 18.9. The van der Waals surface area contributed by atoms with Gasteiger partial charge in [-0.25, -0.2) is 13.8 Å². The van der Waals surface area contributed by atoms with E-state index < -0.39 is 23.7 Å². The van der Waals surface area contributed by atoms with E-state index in [1.807, 2.05) is 6.92 Å². The van der Waals surface area contributed by atoms with Crippen LogP contribution in [0.5, 0.6) is 0 Å². The molecule has 1 aromatic carbocycles. The molecule has 1 spiro atoms. The number of carbonyl (C=O) groups is 1. The minimum Gasteiger partial charge on any atom is -0.376 e. The molecule has 1 aromatic rings. The Labute approximate surface area is 202 Å². The number of benzene rings is 1. The van der Waals surface area contributed by atoms with Crippen LogP contribution in [0.4, 0.5) is 8.78 Å². The summed E-state index contributed by atoms with van der Waals surface area (Å²) in [5.41, 5.74) is 6.76. The van der Waals surface area contributed by atoms with Gasteiger partial charge < -0.3 is 20.7 Å². The summed E-state index contributed by atoms with van der Waals surface area (Å²) in [6.07, 6.45) is 2.93. The van der Waals surface area contributed by atoms with Crippen molar-refractivity contribution in [1.29, 1.82) is 0 Å². The summed E-state index contributed by atoms with van der Waals surface area (Å²) in [5, 5.41) is 2.99. The Kier molecular flexibility index (Phi) is 5.79. The zero-order chi connectivity index (χ0) is 24.2. The standard InChI is InChI=1S/C24H26ClF2N5O2/c1-13-20(28)24(12-34-13)5-7-32(8-6-24)23-30-21-19(22(33)31(23)2)14(11-29-21)3-4-16-17(25)9-15(26)10-18(16)27/h9-11,13,19-21,29H,5-8,12,28H2,1-2H3/t13-,19?,20+,21?/m0/s1. The van der Waals surface area contributed by atoms with Crippen LogP contribution in [-0.4, -0.2) is 66.7 Å². The highest BCUT2D eigenvalue weighted by molar-refractivity contribution is 6.31. The molecule has 2 saturated heterocycles. The highest BCUT2D eigenvalue weighted by Crippen LogP contribution is 2.41. The Hall–Kier alpha value is -2.67. The summed E-state index contributed by atoms with van der Waals surface area (Å²) in [6, 6.07) is 1.74. The Morgan fingerprint density at radius 3 is 2.68 bits per heavy atom. The van der Waals surface area contributed by atoms with E-state index >= 15 is 0 Å². The first kappa shape index (κ1) is 23.1. The minimum atomic E-state index is -0.849. The SMILES string of the molecule is C[C@@H]1OCC2(CCN(C3=NC4NC=C(C#Cc5c(F)cc(F)cc5Cl)C4C(=O)N3C)CC2)[C@@H]1N. The van der Waals surface area contributed by atoms with E-state index in [1.165, 1.54) is 0 Å². The van der Waals surface area contributed by atoms with E-state index in [0.29, 0.717) is 18.1 Å². The smallest absolute Gasteiger partial charge is 0.241 e. The molecule has 5 rings (SSSR count). The van der Waals surface area contributed by atoms with Crippen LogP contribution >= 0.6 is 11.6 Å². The van der Waals surface area contributed by atoms with Crippen LogP contribution in [0.2, 0.25) is 5.02 Å². The van der Waals surface area contributed by atoms with Crippen LogP contribution in [-0.2, 0) is 9.53 Å². The van der Waals surface area contributed by atoms with Crippen molar-refractivity contribution in [3.05, 3.63) is 46.1 Å². The Balaban J connectivity index is 1.33. The third-order valence-corrected chi connectivity index (χ3v) is 7.74.